The number of amides is 1. The van der Waals surface area contributed by atoms with Crippen LogP contribution in [0.1, 0.15) is 27.3 Å². The van der Waals surface area contributed by atoms with Gasteiger partial charge in [-0.2, -0.15) is 5.10 Å². The second-order valence-corrected chi connectivity index (χ2v) is 8.13. The van der Waals surface area contributed by atoms with Gasteiger partial charge in [0.1, 0.15) is 5.52 Å². The Morgan fingerprint density at radius 3 is 2.76 bits per heavy atom. The van der Waals surface area contributed by atoms with E-state index < -0.39 is 0 Å². The van der Waals surface area contributed by atoms with Gasteiger partial charge in [-0.1, -0.05) is 36.4 Å². The second kappa shape index (κ2) is 7.98. The van der Waals surface area contributed by atoms with E-state index in [1.54, 1.807) is 18.7 Å². The van der Waals surface area contributed by atoms with Crippen molar-refractivity contribution in [1.82, 2.24) is 34.6 Å². The summed E-state index contributed by atoms with van der Waals surface area (Å²) in [6.07, 6.45) is 5.90. The van der Waals surface area contributed by atoms with Crippen LogP contribution in [0.25, 0.3) is 22.4 Å². The topological polar surface area (TPSA) is 92.6 Å². The molecule has 1 N–H and O–H groups in total. The molecule has 0 unspecified atom stereocenters. The lowest BCUT2D eigenvalue weighted by Crippen LogP contribution is -2.36. The summed E-state index contributed by atoms with van der Waals surface area (Å²) in [5, 5.41) is 7.67. The molecule has 0 fully saturated rings. The summed E-state index contributed by atoms with van der Waals surface area (Å²) < 4.78 is 1.94. The van der Waals surface area contributed by atoms with Crippen LogP contribution in [0.4, 0.5) is 0 Å². The van der Waals surface area contributed by atoms with Gasteiger partial charge in [0.2, 0.25) is 0 Å². The third-order valence-electron chi connectivity index (χ3n) is 6.03. The number of hydrogen-bond donors (Lipinski definition) is 1. The maximum absolute atomic E-state index is 13.3. The van der Waals surface area contributed by atoms with Gasteiger partial charge < -0.3 is 9.47 Å². The van der Waals surface area contributed by atoms with Gasteiger partial charge in [0.05, 0.1) is 29.8 Å². The molecule has 6 rings (SSSR count). The monoisotopic (exact) mass is 435 g/mol. The Morgan fingerprint density at radius 2 is 1.91 bits per heavy atom. The minimum Gasteiger partial charge on any atom is -0.334 e. The molecule has 1 aliphatic rings. The minimum absolute atomic E-state index is 0.0467. The fourth-order valence-corrected chi connectivity index (χ4v) is 4.33. The van der Waals surface area contributed by atoms with Gasteiger partial charge in [-0.05, 0) is 18.2 Å². The van der Waals surface area contributed by atoms with Crippen molar-refractivity contribution in [1.29, 1.82) is 0 Å². The zero-order valence-electron chi connectivity index (χ0n) is 17.8. The number of carbonyl (C=O) groups is 1. The van der Waals surface area contributed by atoms with E-state index in [0.717, 1.165) is 40.3 Å². The summed E-state index contributed by atoms with van der Waals surface area (Å²) in [6.45, 7) is 1.73. The summed E-state index contributed by atoms with van der Waals surface area (Å²) >= 11 is 0. The lowest BCUT2D eigenvalue weighted by Gasteiger charge is -2.27. The highest BCUT2D eigenvalue weighted by Gasteiger charge is 2.27. The largest absolute Gasteiger partial charge is 0.334 e. The Morgan fingerprint density at radius 1 is 1.03 bits per heavy atom. The molecule has 0 saturated carbocycles. The molecule has 0 bridgehead atoms. The average molecular weight is 435 g/mol. The lowest BCUT2D eigenvalue weighted by atomic mass is 10.0. The number of imidazole rings is 1. The van der Waals surface area contributed by atoms with Crippen LogP contribution in [0.2, 0.25) is 0 Å². The van der Waals surface area contributed by atoms with Crippen LogP contribution in [-0.2, 0) is 19.5 Å². The average Bonchev–Trinajstić information content (AvgIpc) is 3.48. The molecule has 0 radical (unpaired) electrons. The molecule has 8 nitrogen and oxygen atoms in total. The number of benzene rings is 1. The summed E-state index contributed by atoms with van der Waals surface area (Å²) in [7, 11) is 0. The van der Waals surface area contributed by atoms with Gasteiger partial charge in [0.25, 0.3) is 5.91 Å². The molecule has 5 heterocycles. The molecule has 8 heteroatoms. The van der Waals surface area contributed by atoms with Gasteiger partial charge in [0, 0.05) is 48.7 Å². The molecule has 1 amide bonds. The first-order valence-electron chi connectivity index (χ1n) is 10.9. The van der Waals surface area contributed by atoms with Gasteiger partial charge in [-0.3, -0.25) is 14.9 Å². The third-order valence-corrected chi connectivity index (χ3v) is 6.03. The number of aromatic nitrogens is 6. The lowest BCUT2D eigenvalue weighted by molar-refractivity contribution is 0.0734. The predicted octanol–water partition coefficient (Wildman–Crippen LogP) is 3.46. The number of aromatic amines is 1. The molecule has 162 valence electrons. The van der Waals surface area contributed by atoms with E-state index in [1.165, 1.54) is 0 Å². The van der Waals surface area contributed by atoms with Crippen molar-refractivity contribution in [3.05, 3.63) is 95.8 Å². The van der Waals surface area contributed by atoms with Gasteiger partial charge >= 0.3 is 0 Å². The van der Waals surface area contributed by atoms with Crippen molar-refractivity contribution < 1.29 is 4.79 Å². The van der Waals surface area contributed by atoms with Crippen molar-refractivity contribution >= 4 is 17.1 Å². The summed E-state index contributed by atoms with van der Waals surface area (Å²) in [6, 6.07) is 17.7. The summed E-state index contributed by atoms with van der Waals surface area (Å²) in [5.41, 5.74) is 7.03. The minimum atomic E-state index is -0.0467. The molecule has 1 aliphatic heterocycles. The number of carbonyl (C=O) groups excluding carboxylic acids is 1. The van der Waals surface area contributed by atoms with E-state index in [4.69, 9.17) is 0 Å². The first-order chi connectivity index (χ1) is 16.3. The van der Waals surface area contributed by atoms with Crippen molar-refractivity contribution in [2.24, 2.45) is 0 Å². The Hall–Kier alpha value is -4.33. The van der Waals surface area contributed by atoms with Gasteiger partial charge in [-0.15, -0.1) is 0 Å². The highest BCUT2D eigenvalue weighted by Crippen LogP contribution is 2.29. The molecular formula is C25H21N7O. The Bertz CT molecular complexity index is 1440. The first-order valence-corrected chi connectivity index (χ1v) is 10.9. The van der Waals surface area contributed by atoms with Crippen molar-refractivity contribution in [2.75, 3.05) is 6.54 Å². The molecular weight excluding hydrogens is 414 g/mol. The van der Waals surface area contributed by atoms with E-state index in [2.05, 4.69) is 25.1 Å². The number of rotatable bonds is 4. The Balaban J connectivity index is 1.25. The molecule has 0 aliphatic carbocycles. The highest BCUT2D eigenvalue weighted by atomic mass is 16.2. The molecule has 0 atom stereocenters. The van der Waals surface area contributed by atoms with Crippen LogP contribution in [0.5, 0.6) is 0 Å². The van der Waals surface area contributed by atoms with E-state index in [0.29, 0.717) is 30.7 Å². The van der Waals surface area contributed by atoms with E-state index >= 15 is 0 Å². The van der Waals surface area contributed by atoms with Crippen molar-refractivity contribution in [3.8, 4) is 11.3 Å². The molecule has 33 heavy (non-hydrogen) atoms. The van der Waals surface area contributed by atoms with Crippen LogP contribution in [0.15, 0.2) is 73.3 Å². The molecule has 4 aromatic heterocycles. The maximum atomic E-state index is 13.3. The number of pyridine rings is 2. The number of fused-ring (bicyclic) bond motifs is 2. The fraction of sp³-hybridized carbons (Fsp3) is 0.160. The standard InChI is InChI=1S/C25H21N7O/c33-25(31-11-9-21-20(15-31)23(30-29-21)17-6-2-1-3-7-17)18-12-22-24(27-13-18)32(16-28-22)14-19-8-4-5-10-26-19/h1-8,10,12-13,16H,9,11,14-15H2,(H,29,30). The zero-order valence-corrected chi connectivity index (χ0v) is 17.8. The number of H-pyrrole nitrogens is 1. The number of nitrogens with zero attached hydrogens (tertiary/aromatic N) is 6. The molecule has 0 saturated heterocycles. The second-order valence-electron chi connectivity index (χ2n) is 8.13. The van der Waals surface area contributed by atoms with E-state index in [9.17, 15) is 4.79 Å². The normalized spacial score (nSPS) is 13.3. The fourth-order valence-electron chi connectivity index (χ4n) is 4.33. The van der Waals surface area contributed by atoms with E-state index in [-0.39, 0.29) is 5.91 Å². The van der Waals surface area contributed by atoms with E-state index in [1.807, 2.05) is 64.1 Å². The summed E-state index contributed by atoms with van der Waals surface area (Å²) in [5.74, 6) is -0.0467. The Labute approximate surface area is 189 Å². The number of nitrogens with one attached hydrogen (secondary N) is 1. The first kappa shape index (κ1) is 19.4. The van der Waals surface area contributed by atoms with Crippen LogP contribution in [0, 0.1) is 0 Å². The quantitative estimate of drug-likeness (QED) is 0.467. The predicted molar refractivity (Wildman–Crippen MR) is 123 cm³/mol. The van der Waals surface area contributed by atoms with Crippen LogP contribution in [-0.4, -0.2) is 47.1 Å². The van der Waals surface area contributed by atoms with Crippen LogP contribution >= 0.6 is 0 Å². The van der Waals surface area contributed by atoms with Crippen molar-refractivity contribution in [3.63, 3.8) is 0 Å². The molecule has 1 aromatic carbocycles. The SMILES string of the molecule is O=C(c1cnc2c(c1)ncn2Cc1ccccn1)N1CCc2[nH]nc(-c3ccccc3)c2C1. The van der Waals surface area contributed by atoms with Crippen LogP contribution in [0.3, 0.4) is 0 Å². The Kier molecular flexibility index (Phi) is 4.68. The molecule has 0 spiro atoms. The van der Waals surface area contributed by atoms with Gasteiger partial charge in [-0.25, -0.2) is 9.97 Å². The maximum Gasteiger partial charge on any atom is 0.255 e. The third kappa shape index (κ3) is 3.55. The summed E-state index contributed by atoms with van der Waals surface area (Å²) in [4.78, 5) is 28.6. The van der Waals surface area contributed by atoms with Crippen molar-refractivity contribution in [2.45, 2.75) is 19.5 Å². The van der Waals surface area contributed by atoms with Gasteiger partial charge in [0.15, 0.2) is 5.65 Å². The highest BCUT2D eigenvalue weighted by molar-refractivity contribution is 5.96. The number of hydrogen-bond acceptors (Lipinski definition) is 5. The zero-order chi connectivity index (χ0) is 22.2. The molecule has 5 aromatic rings. The smallest absolute Gasteiger partial charge is 0.255 e. The van der Waals surface area contributed by atoms with Crippen LogP contribution < -0.4 is 0 Å².